The van der Waals surface area contributed by atoms with Crippen molar-refractivity contribution < 1.29 is 29.3 Å². The van der Waals surface area contributed by atoms with E-state index in [0.717, 1.165) is 5.56 Å². The fraction of sp³-hybridized carbons (Fsp3) is 0.286. The summed E-state index contributed by atoms with van der Waals surface area (Å²) in [7, 11) is 0. The van der Waals surface area contributed by atoms with E-state index in [4.69, 9.17) is 10.4 Å². The first-order chi connectivity index (χ1) is 18.1. The molecule has 0 saturated carbocycles. The van der Waals surface area contributed by atoms with Crippen LogP contribution in [0.15, 0.2) is 54.6 Å². The van der Waals surface area contributed by atoms with Crippen LogP contribution in [0.25, 0.3) is 11.8 Å². The molecule has 1 amide bonds. The van der Waals surface area contributed by atoms with Crippen LogP contribution in [0.3, 0.4) is 0 Å². The Balaban J connectivity index is 0.00000533. The van der Waals surface area contributed by atoms with Crippen LogP contribution in [-0.2, 0) is 11.3 Å². The minimum atomic E-state index is -1.23. The Morgan fingerprint density at radius 2 is 1.77 bits per heavy atom. The zero-order valence-electron chi connectivity index (χ0n) is 21.0. The number of aliphatic hydroxyl groups excluding tert-OH is 2. The number of aromatic nitrogens is 2. The van der Waals surface area contributed by atoms with E-state index in [-0.39, 0.29) is 54.1 Å². The van der Waals surface area contributed by atoms with Crippen LogP contribution in [0.4, 0.5) is 4.39 Å². The zero-order valence-corrected chi connectivity index (χ0v) is 21.0. The van der Waals surface area contributed by atoms with Crippen LogP contribution in [-0.4, -0.2) is 78.7 Å². The average molecular weight is 545 g/mol. The van der Waals surface area contributed by atoms with Gasteiger partial charge in [-0.2, -0.15) is 10.4 Å². The van der Waals surface area contributed by atoms with Gasteiger partial charge in [-0.1, -0.05) is 32.1 Å². The quantitative estimate of drug-likeness (QED) is 0.271. The number of aliphatic carboxylic acids is 1. The van der Waals surface area contributed by atoms with Gasteiger partial charge in [0, 0.05) is 18.5 Å². The number of nitrogens with zero attached hydrogens (tertiary/aromatic N) is 3. The number of carboxylic acids is 1. The first-order valence-corrected chi connectivity index (χ1v) is 12.0. The molecule has 3 rings (SSSR count). The molecule has 200 valence electrons. The molecular weight excluding hydrogens is 514 g/mol. The van der Waals surface area contributed by atoms with E-state index in [1.54, 1.807) is 30.3 Å². The molecule has 11 heteroatoms. The number of carboxylic acid groups (broad SMARTS) is 1. The molecule has 0 unspecified atom stereocenters. The molecule has 0 fully saturated rings. The Morgan fingerprint density at radius 3 is 2.33 bits per heavy atom. The molecule has 4 N–H and O–H groups in total. The number of carbonyl (C=O) groups is 2. The van der Waals surface area contributed by atoms with E-state index in [1.165, 1.54) is 35.0 Å². The summed E-state index contributed by atoms with van der Waals surface area (Å²) in [6.07, 6.45) is -0.133. The van der Waals surface area contributed by atoms with Gasteiger partial charge in [-0.15, -0.1) is 0 Å². The second-order valence-electron chi connectivity index (χ2n) is 9.10. The van der Waals surface area contributed by atoms with Gasteiger partial charge >= 0.3 is 35.5 Å². The Bertz CT molecular complexity index is 1350. The summed E-state index contributed by atoms with van der Waals surface area (Å²) in [4.78, 5) is 24.0. The summed E-state index contributed by atoms with van der Waals surface area (Å²) in [6.45, 7) is 3.97. The van der Waals surface area contributed by atoms with Crippen molar-refractivity contribution in [3.63, 3.8) is 0 Å². The number of nitriles is 1. The van der Waals surface area contributed by atoms with Crippen LogP contribution in [0, 0.1) is 17.1 Å². The summed E-state index contributed by atoms with van der Waals surface area (Å²) in [5.74, 6) is -2.23. The fourth-order valence-corrected chi connectivity index (χ4v) is 3.93. The maximum atomic E-state index is 13.6. The standard InChI is InChI=1S/C28H29FN4O5.Na.H/c1-17(2)26-24(12-11-22(34)13-23(35)14-25(36)37)33(21-9-7-20(29)8-10-21)32-27(26)28(38)31-16-19-5-3-18(15-30)4-6-19;;/h3-12,17,22-23,34-35H,13-14,16H2,1-2H3,(H,31,38)(H,36,37);;/b12-11+;;/t22-,23+;;/m0../s1. The van der Waals surface area contributed by atoms with Gasteiger partial charge < -0.3 is 20.6 Å². The van der Waals surface area contributed by atoms with Gasteiger partial charge in [0.15, 0.2) is 5.69 Å². The van der Waals surface area contributed by atoms with Gasteiger partial charge in [0.1, 0.15) is 5.82 Å². The second-order valence-corrected chi connectivity index (χ2v) is 9.10. The molecule has 0 aliphatic heterocycles. The van der Waals surface area contributed by atoms with E-state index < -0.39 is 36.3 Å². The predicted molar refractivity (Wildman–Crippen MR) is 145 cm³/mol. The third kappa shape index (κ3) is 8.85. The topological polar surface area (TPSA) is 148 Å². The monoisotopic (exact) mass is 544 g/mol. The van der Waals surface area contributed by atoms with Crippen molar-refractivity contribution in [2.45, 2.75) is 51.4 Å². The van der Waals surface area contributed by atoms with E-state index in [1.807, 2.05) is 19.9 Å². The molecule has 1 heterocycles. The zero-order chi connectivity index (χ0) is 27.8. The van der Waals surface area contributed by atoms with Crippen molar-refractivity contribution in [2.24, 2.45) is 0 Å². The fourth-order valence-electron chi connectivity index (χ4n) is 3.93. The number of hydrogen-bond acceptors (Lipinski definition) is 6. The summed E-state index contributed by atoms with van der Waals surface area (Å²) in [6, 6.07) is 14.4. The van der Waals surface area contributed by atoms with Gasteiger partial charge in [0.25, 0.3) is 5.91 Å². The number of benzene rings is 2. The van der Waals surface area contributed by atoms with Crippen molar-refractivity contribution in [3.05, 3.63) is 88.5 Å². The number of amides is 1. The van der Waals surface area contributed by atoms with Crippen LogP contribution in [0.2, 0.25) is 0 Å². The molecule has 2 atom stereocenters. The van der Waals surface area contributed by atoms with Gasteiger partial charge in [-0.3, -0.25) is 9.59 Å². The van der Waals surface area contributed by atoms with E-state index in [2.05, 4.69) is 10.4 Å². The van der Waals surface area contributed by atoms with E-state index in [0.29, 0.717) is 22.5 Å². The first kappa shape index (κ1) is 31.9. The molecular formula is C28H30FN4NaO5. The first-order valence-electron chi connectivity index (χ1n) is 12.0. The van der Waals surface area contributed by atoms with Crippen molar-refractivity contribution in [3.8, 4) is 11.8 Å². The molecule has 0 radical (unpaired) electrons. The van der Waals surface area contributed by atoms with Gasteiger partial charge in [-0.05, 0) is 54.0 Å². The van der Waals surface area contributed by atoms with Gasteiger partial charge in [0.2, 0.25) is 0 Å². The Labute approximate surface area is 247 Å². The number of aliphatic hydroxyl groups is 2. The predicted octanol–water partition coefficient (Wildman–Crippen LogP) is 2.89. The number of carbonyl (C=O) groups excluding carboxylic acids is 1. The van der Waals surface area contributed by atoms with Crippen LogP contribution >= 0.6 is 0 Å². The summed E-state index contributed by atoms with van der Waals surface area (Å²) >= 11 is 0. The molecule has 0 aliphatic rings. The number of rotatable bonds is 11. The number of halogens is 1. The molecule has 3 aromatic rings. The molecule has 0 aliphatic carbocycles. The third-order valence-electron chi connectivity index (χ3n) is 5.76. The Kier molecular flexibility index (Phi) is 12.0. The van der Waals surface area contributed by atoms with Gasteiger partial charge in [0.05, 0.1) is 41.6 Å². The molecule has 0 saturated heterocycles. The maximum absolute atomic E-state index is 13.6. The van der Waals surface area contributed by atoms with Crippen molar-refractivity contribution in [2.75, 3.05) is 0 Å². The molecule has 1 aromatic heterocycles. The Morgan fingerprint density at radius 1 is 1.13 bits per heavy atom. The third-order valence-corrected chi connectivity index (χ3v) is 5.76. The second kappa shape index (κ2) is 14.7. The van der Waals surface area contributed by atoms with Crippen LogP contribution < -0.4 is 5.32 Å². The van der Waals surface area contributed by atoms with Crippen LogP contribution in [0.5, 0.6) is 0 Å². The van der Waals surface area contributed by atoms with Crippen molar-refractivity contribution in [1.82, 2.24) is 15.1 Å². The van der Waals surface area contributed by atoms with Crippen LogP contribution in [0.1, 0.15) is 65.5 Å². The SMILES string of the molecule is CC(C)c1c(C(=O)NCc2ccc(C#N)cc2)nn(-c2ccc(F)cc2)c1/C=C/[C@H](O)C[C@@H](O)CC(=O)O.[NaH]. The number of nitrogens with one attached hydrogen (secondary N) is 1. The normalized spacial score (nSPS) is 12.5. The van der Waals surface area contributed by atoms with E-state index in [9.17, 15) is 24.2 Å². The number of hydrogen-bond donors (Lipinski definition) is 4. The van der Waals surface area contributed by atoms with E-state index >= 15 is 0 Å². The molecule has 0 bridgehead atoms. The summed E-state index contributed by atoms with van der Waals surface area (Å²) in [5.41, 5.74) is 3.00. The molecule has 0 spiro atoms. The molecule has 9 nitrogen and oxygen atoms in total. The van der Waals surface area contributed by atoms with Crippen molar-refractivity contribution in [1.29, 1.82) is 5.26 Å². The Hall–Kier alpha value is -3.33. The summed E-state index contributed by atoms with van der Waals surface area (Å²) < 4.78 is 15.1. The molecule has 2 aromatic carbocycles. The van der Waals surface area contributed by atoms with Gasteiger partial charge in [-0.25, -0.2) is 9.07 Å². The minimum absolute atomic E-state index is 0. The molecule has 39 heavy (non-hydrogen) atoms. The summed E-state index contributed by atoms with van der Waals surface area (Å²) in [5, 5.41) is 45.4. The average Bonchev–Trinajstić information content (AvgIpc) is 3.26. The van der Waals surface area contributed by atoms with Crippen molar-refractivity contribution >= 4 is 47.5 Å².